The van der Waals surface area contributed by atoms with Gasteiger partial charge in [0.2, 0.25) is 11.8 Å². The maximum atomic E-state index is 12.4. The lowest BCUT2D eigenvalue weighted by Gasteiger charge is -2.17. The summed E-state index contributed by atoms with van der Waals surface area (Å²) in [5, 5.41) is 22.6. The highest BCUT2D eigenvalue weighted by Crippen LogP contribution is 2.30. The normalized spacial score (nSPS) is 21.0. The Bertz CT molecular complexity index is 879. The van der Waals surface area contributed by atoms with Crippen LogP contribution in [0.25, 0.3) is 17.0 Å². The second kappa shape index (κ2) is 7.47. The first-order valence-electron chi connectivity index (χ1n) is 8.53. The monoisotopic (exact) mass is 377 g/mol. The molecule has 2 aromatic rings. The van der Waals surface area contributed by atoms with Gasteiger partial charge < -0.3 is 31.7 Å². The van der Waals surface area contributed by atoms with Crippen LogP contribution in [-0.2, 0) is 9.53 Å². The van der Waals surface area contributed by atoms with Gasteiger partial charge in [-0.3, -0.25) is 9.36 Å². The number of imidazole rings is 1. The second-order valence-corrected chi connectivity index (χ2v) is 6.77. The number of aromatic nitrogens is 4. The van der Waals surface area contributed by atoms with E-state index in [9.17, 15) is 15.0 Å². The van der Waals surface area contributed by atoms with Crippen molar-refractivity contribution in [2.75, 3.05) is 12.3 Å². The molecule has 27 heavy (non-hydrogen) atoms. The third kappa shape index (κ3) is 3.56. The molecule has 1 aliphatic rings. The van der Waals surface area contributed by atoms with Crippen LogP contribution in [0.5, 0.6) is 0 Å². The number of nitrogen functional groups attached to an aromatic ring is 1. The summed E-state index contributed by atoms with van der Waals surface area (Å²) in [4.78, 5) is 24.6. The first-order chi connectivity index (χ1) is 12.8. The molecule has 0 aliphatic carbocycles. The first-order valence-corrected chi connectivity index (χ1v) is 8.53. The summed E-state index contributed by atoms with van der Waals surface area (Å²) in [6.45, 7) is 3.45. The topological polar surface area (TPSA) is 174 Å². The summed E-state index contributed by atoms with van der Waals surface area (Å²) < 4.78 is 7.06. The zero-order valence-corrected chi connectivity index (χ0v) is 15.0. The van der Waals surface area contributed by atoms with Crippen LogP contribution in [0.15, 0.2) is 18.4 Å². The molecule has 0 aromatic carbocycles. The standard InChI is InChI=1S/C16H23N7O4/c1-7(2)3-8(17)15(26)22-10-12(25)9(4-24)27-16(10)23-6-21-11-13(18)19-5-20-14(11)23/h5-9,12,24-25H,3-4,17H2,1-2H3,(H,22,26)(H2,18,19,20)/t8?,9-,12?/m1/s1. The molecule has 2 aromatic heterocycles. The van der Waals surface area contributed by atoms with Crippen molar-refractivity contribution < 1.29 is 19.7 Å². The van der Waals surface area contributed by atoms with Gasteiger partial charge in [0.15, 0.2) is 23.1 Å². The van der Waals surface area contributed by atoms with E-state index in [-0.39, 0.29) is 23.3 Å². The number of nitrogens with one attached hydrogen (secondary N) is 1. The van der Waals surface area contributed by atoms with E-state index in [0.29, 0.717) is 17.6 Å². The van der Waals surface area contributed by atoms with E-state index in [1.54, 1.807) is 0 Å². The Labute approximate surface area is 155 Å². The maximum absolute atomic E-state index is 12.4. The fourth-order valence-corrected chi connectivity index (χ4v) is 2.88. The van der Waals surface area contributed by atoms with Gasteiger partial charge in [0, 0.05) is 0 Å². The van der Waals surface area contributed by atoms with Gasteiger partial charge in [-0.25, -0.2) is 15.0 Å². The van der Waals surface area contributed by atoms with Gasteiger partial charge in [-0.15, -0.1) is 0 Å². The van der Waals surface area contributed by atoms with Crippen molar-refractivity contribution in [2.24, 2.45) is 11.7 Å². The number of nitrogens with zero attached hydrogens (tertiary/aromatic N) is 4. The summed E-state index contributed by atoms with van der Waals surface area (Å²) in [6, 6.07) is -0.753. The van der Waals surface area contributed by atoms with Gasteiger partial charge in [-0.2, -0.15) is 0 Å². The van der Waals surface area contributed by atoms with E-state index in [1.807, 2.05) is 13.8 Å². The molecular weight excluding hydrogens is 354 g/mol. The number of carbonyl (C=O) groups excluding carboxylic acids is 1. The number of anilines is 1. The number of aliphatic hydroxyl groups excluding tert-OH is 2. The minimum atomic E-state index is -1.25. The fourth-order valence-electron chi connectivity index (χ4n) is 2.88. The smallest absolute Gasteiger partial charge is 0.241 e. The van der Waals surface area contributed by atoms with E-state index >= 15 is 0 Å². The van der Waals surface area contributed by atoms with E-state index < -0.39 is 30.8 Å². The van der Waals surface area contributed by atoms with Crippen molar-refractivity contribution in [1.82, 2.24) is 24.8 Å². The molecule has 3 rings (SSSR count). The van der Waals surface area contributed by atoms with Gasteiger partial charge in [0.05, 0.1) is 12.6 Å². The molecule has 146 valence electrons. The number of aliphatic hydroxyl groups is 2. The third-order valence-electron chi connectivity index (χ3n) is 4.22. The number of carbonyl (C=O) groups is 1. The fraction of sp³-hybridized carbons (Fsp3) is 0.500. The van der Waals surface area contributed by atoms with Crippen LogP contribution in [0.2, 0.25) is 0 Å². The van der Waals surface area contributed by atoms with Crippen molar-refractivity contribution in [2.45, 2.75) is 38.5 Å². The Morgan fingerprint density at radius 2 is 2.15 bits per heavy atom. The number of fused-ring (bicyclic) bond motifs is 1. The Morgan fingerprint density at radius 3 is 2.81 bits per heavy atom. The van der Waals surface area contributed by atoms with Gasteiger partial charge in [0.25, 0.3) is 0 Å². The van der Waals surface area contributed by atoms with Crippen LogP contribution in [0.3, 0.4) is 0 Å². The predicted octanol–water partition coefficient (Wildman–Crippen LogP) is -1.22. The molecule has 0 spiro atoms. The van der Waals surface area contributed by atoms with E-state index in [4.69, 9.17) is 16.2 Å². The Hall–Kier alpha value is -2.76. The number of rotatable bonds is 6. The number of hydrogen-bond acceptors (Lipinski definition) is 9. The van der Waals surface area contributed by atoms with E-state index in [2.05, 4.69) is 20.3 Å². The molecule has 0 saturated carbocycles. The molecule has 0 radical (unpaired) electrons. The van der Waals surface area contributed by atoms with Crippen molar-refractivity contribution in [3.8, 4) is 0 Å². The Balaban J connectivity index is 2.00. The molecule has 0 fully saturated rings. The molecular formula is C16H23N7O4. The van der Waals surface area contributed by atoms with Crippen molar-refractivity contribution in [1.29, 1.82) is 0 Å². The lowest BCUT2D eigenvalue weighted by atomic mass is 10.0. The summed E-state index contributed by atoms with van der Waals surface area (Å²) in [5.74, 6) is 0.0378. The molecule has 3 heterocycles. The molecule has 0 saturated heterocycles. The molecule has 11 heteroatoms. The van der Waals surface area contributed by atoms with Crippen molar-refractivity contribution in [3.63, 3.8) is 0 Å². The third-order valence-corrected chi connectivity index (χ3v) is 4.22. The lowest BCUT2D eigenvalue weighted by Crippen LogP contribution is -2.44. The SMILES string of the molecule is CC(C)CC(N)C(=O)NC1=C(n2cnc3c(N)ncnc32)O[C@H](CO)C1O. The molecule has 0 bridgehead atoms. The van der Waals surface area contributed by atoms with Crippen LogP contribution < -0.4 is 16.8 Å². The van der Waals surface area contributed by atoms with Crippen LogP contribution in [0.4, 0.5) is 5.82 Å². The number of amides is 1. The Kier molecular flexibility index (Phi) is 5.26. The van der Waals surface area contributed by atoms with Gasteiger partial charge in [-0.05, 0) is 12.3 Å². The highest BCUT2D eigenvalue weighted by atomic mass is 16.5. The van der Waals surface area contributed by atoms with Crippen molar-refractivity contribution >= 4 is 28.8 Å². The minimum Gasteiger partial charge on any atom is -0.468 e. The van der Waals surface area contributed by atoms with Crippen LogP contribution in [0.1, 0.15) is 20.3 Å². The lowest BCUT2D eigenvalue weighted by molar-refractivity contribution is -0.122. The average Bonchev–Trinajstić information content (AvgIpc) is 3.17. The van der Waals surface area contributed by atoms with Crippen LogP contribution in [-0.4, -0.2) is 60.5 Å². The van der Waals surface area contributed by atoms with E-state index in [0.717, 1.165) is 0 Å². The number of nitrogens with two attached hydrogens (primary N) is 2. The average molecular weight is 377 g/mol. The number of hydrogen-bond donors (Lipinski definition) is 5. The minimum absolute atomic E-state index is 0.0785. The second-order valence-electron chi connectivity index (χ2n) is 6.77. The summed E-state index contributed by atoms with van der Waals surface area (Å²) >= 11 is 0. The summed E-state index contributed by atoms with van der Waals surface area (Å²) in [6.07, 6.45) is 0.928. The zero-order valence-electron chi connectivity index (χ0n) is 15.0. The maximum Gasteiger partial charge on any atom is 0.241 e. The van der Waals surface area contributed by atoms with Crippen LogP contribution in [0, 0.1) is 5.92 Å². The predicted molar refractivity (Wildman–Crippen MR) is 96.5 cm³/mol. The van der Waals surface area contributed by atoms with Gasteiger partial charge in [-0.1, -0.05) is 13.8 Å². The Morgan fingerprint density at radius 1 is 1.41 bits per heavy atom. The van der Waals surface area contributed by atoms with Crippen LogP contribution >= 0.6 is 0 Å². The van der Waals surface area contributed by atoms with E-state index in [1.165, 1.54) is 17.2 Å². The largest absolute Gasteiger partial charge is 0.468 e. The van der Waals surface area contributed by atoms with Gasteiger partial charge >= 0.3 is 0 Å². The quantitative estimate of drug-likeness (QED) is 0.413. The zero-order chi connectivity index (χ0) is 19.7. The summed E-state index contributed by atoms with van der Waals surface area (Å²) in [7, 11) is 0. The molecule has 7 N–H and O–H groups in total. The summed E-state index contributed by atoms with van der Waals surface area (Å²) in [5.41, 5.74) is 12.5. The molecule has 1 amide bonds. The number of ether oxygens (including phenoxy) is 1. The molecule has 3 atom stereocenters. The van der Waals surface area contributed by atoms with Crippen molar-refractivity contribution in [3.05, 3.63) is 18.4 Å². The molecule has 11 nitrogen and oxygen atoms in total. The highest BCUT2D eigenvalue weighted by Gasteiger charge is 2.38. The molecule has 1 aliphatic heterocycles. The first kappa shape index (κ1) is 19.0. The molecule has 2 unspecified atom stereocenters. The highest BCUT2D eigenvalue weighted by molar-refractivity contribution is 5.86. The van der Waals surface area contributed by atoms with Gasteiger partial charge in [0.1, 0.15) is 24.5 Å².